The predicted molar refractivity (Wildman–Crippen MR) is 109 cm³/mol. The Kier molecular flexibility index (Phi) is 5.01. The minimum Gasteiger partial charge on any atom is -0.436 e. The Morgan fingerprint density at radius 2 is 2.00 bits per heavy atom. The van der Waals surface area contributed by atoms with Crippen LogP contribution in [0.25, 0.3) is 5.65 Å². The van der Waals surface area contributed by atoms with Crippen molar-refractivity contribution in [2.24, 2.45) is 0 Å². The van der Waals surface area contributed by atoms with Gasteiger partial charge in [0.05, 0.1) is 0 Å². The van der Waals surface area contributed by atoms with Gasteiger partial charge in [-0.3, -0.25) is 4.79 Å². The largest absolute Gasteiger partial charge is 0.436 e. The van der Waals surface area contributed by atoms with E-state index in [1.165, 1.54) is 16.8 Å². The van der Waals surface area contributed by atoms with Crippen molar-refractivity contribution >= 4 is 28.8 Å². The number of nitrogens with one attached hydrogen (secondary N) is 1. The first-order chi connectivity index (χ1) is 14.0. The van der Waals surface area contributed by atoms with Gasteiger partial charge in [0.1, 0.15) is 12.3 Å². The molecule has 0 aliphatic carbocycles. The van der Waals surface area contributed by atoms with E-state index in [2.05, 4.69) is 15.4 Å². The number of nitrogens with zero attached hydrogens (tertiary/aromatic N) is 4. The highest BCUT2D eigenvalue weighted by Crippen LogP contribution is 2.23. The minimum atomic E-state index is -0.470. The molecule has 0 radical (unpaired) electrons. The molecule has 2 aromatic carbocycles. The Morgan fingerprint density at radius 1 is 1.21 bits per heavy atom. The summed E-state index contributed by atoms with van der Waals surface area (Å²) in [6.45, 7) is 1.69. The van der Waals surface area contributed by atoms with Crippen molar-refractivity contribution < 1.29 is 9.53 Å². The van der Waals surface area contributed by atoms with E-state index in [1.54, 1.807) is 30.3 Å². The molecule has 0 spiro atoms. The summed E-state index contributed by atoms with van der Waals surface area (Å²) < 4.78 is 8.07. The summed E-state index contributed by atoms with van der Waals surface area (Å²) in [4.78, 5) is 29.1. The van der Waals surface area contributed by atoms with Crippen LogP contribution in [-0.4, -0.2) is 25.1 Å². The number of carbonyl (C=O) groups excluding carboxylic acids is 1. The minimum absolute atomic E-state index is 0.143. The highest BCUT2D eigenvalue weighted by molar-refractivity contribution is 6.30. The van der Waals surface area contributed by atoms with Gasteiger partial charge in [-0.1, -0.05) is 23.7 Å². The molecule has 0 saturated carbocycles. The Hall–Kier alpha value is -3.65. The Morgan fingerprint density at radius 3 is 2.76 bits per heavy atom. The van der Waals surface area contributed by atoms with Gasteiger partial charge in [0.15, 0.2) is 0 Å². The summed E-state index contributed by atoms with van der Waals surface area (Å²) in [5, 5.41) is 7.55. The van der Waals surface area contributed by atoms with Gasteiger partial charge in [0.2, 0.25) is 11.6 Å². The van der Waals surface area contributed by atoms with Crippen LogP contribution in [0, 0.1) is 6.92 Å². The Labute approximate surface area is 170 Å². The van der Waals surface area contributed by atoms with E-state index in [4.69, 9.17) is 16.3 Å². The number of benzene rings is 2. The molecule has 9 heteroatoms. The van der Waals surface area contributed by atoms with Crippen molar-refractivity contribution in [1.82, 2.24) is 19.2 Å². The van der Waals surface area contributed by atoms with Gasteiger partial charge in [-0.25, -0.2) is 18.9 Å². The standard InChI is InChI=1S/C20H16ClN5O3/c1-13-3-2-4-15(11-13)23-17(27)12-26-20(28)25-10-9-22-19(18(25)24-26)29-16-7-5-14(21)6-8-16/h2-11H,12H2,1H3,(H,23,27). The molecular formula is C20H16ClN5O3. The molecule has 1 N–H and O–H groups in total. The van der Waals surface area contributed by atoms with E-state index in [0.29, 0.717) is 16.5 Å². The number of hydrogen-bond acceptors (Lipinski definition) is 5. The second kappa shape index (κ2) is 7.76. The molecule has 2 heterocycles. The molecule has 8 nitrogen and oxygen atoms in total. The van der Waals surface area contributed by atoms with Crippen LogP contribution < -0.4 is 15.7 Å². The summed E-state index contributed by atoms with van der Waals surface area (Å²) in [5.74, 6) is 0.271. The fraction of sp³-hybridized carbons (Fsp3) is 0.100. The van der Waals surface area contributed by atoms with Crippen molar-refractivity contribution in [3.05, 3.63) is 82.0 Å². The lowest BCUT2D eigenvalue weighted by Gasteiger charge is -2.05. The molecule has 0 aliphatic rings. The fourth-order valence-corrected chi connectivity index (χ4v) is 2.90. The van der Waals surface area contributed by atoms with Gasteiger partial charge >= 0.3 is 5.69 Å². The van der Waals surface area contributed by atoms with Crippen LogP contribution in [0.3, 0.4) is 0 Å². The average molecular weight is 410 g/mol. The van der Waals surface area contributed by atoms with E-state index in [-0.39, 0.29) is 24.0 Å². The summed E-state index contributed by atoms with van der Waals surface area (Å²) in [5.41, 5.74) is 1.40. The zero-order valence-electron chi connectivity index (χ0n) is 15.4. The lowest BCUT2D eigenvalue weighted by atomic mass is 10.2. The van der Waals surface area contributed by atoms with Crippen LogP contribution in [0.1, 0.15) is 5.56 Å². The third kappa shape index (κ3) is 4.12. The maximum Gasteiger partial charge on any atom is 0.351 e. The van der Waals surface area contributed by atoms with Crippen molar-refractivity contribution in [1.29, 1.82) is 0 Å². The molecule has 4 aromatic rings. The lowest BCUT2D eigenvalue weighted by Crippen LogP contribution is -2.28. The van der Waals surface area contributed by atoms with E-state index < -0.39 is 5.69 Å². The molecule has 0 unspecified atom stereocenters. The number of hydrogen-bond donors (Lipinski definition) is 1. The van der Waals surface area contributed by atoms with Crippen LogP contribution in [0.15, 0.2) is 65.7 Å². The first-order valence-corrected chi connectivity index (χ1v) is 9.11. The second-order valence-electron chi connectivity index (χ2n) is 6.34. The molecule has 0 fully saturated rings. The number of fused-ring (bicyclic) bond motifs is 1. The molecule has 2 aromatic heterocycles. The van der Waals surface area contributed by atoms with E-state index in [9.17, 15) is 9.59 Å². The van der Waals surface area contributed by atoms with Crippen molar-refractivity contribution in [3.63, 3.8) is 0 Å². The van der Waals surface area contributed by atoms with Crippen molar-refractivity contribution in [3.8, 4) is 11.6 Å². The van der Waals surface area contributed by atoms with Gasteiger partial charge in [0, 0.05) is 23.1 Å². The number of carbonyl (C=O) groups is 1. The summed E-state index contributed by atoms with van der Waals surface area (Å²) in [7, 11) is 0. The number of aryl methyl sites for hydroxylation is 1. The van der Waals surface area contributed by atoms with Gasteiger partial charge < -0.3 is 10.1 Å². The molecule has 0 aliphatic heterocycles. The van der Waals surface area contributed by atoms with Crippen LogP contribution in [0.4, 0.5) is 5.69 Å². The molecular weight excluding hydrogens is 394 g/mol. The first kappa shape index (κ1) is 18.7. The highest BCUT2D eigenvalue weighted by atomic mass is 35.5. The number of halogens is 1. The van der Waals surface area contributed by atoms with Crippen LogP contribution in [-0.2, 0) is 11.3 Å². The molecule has 1 amide bonds. The molecule has 0 atom stereocenters. The zero-order chi connectivity index (χ0) is 20.4. The average Bonchev–Trinajstić information content (AvgIpc) is 3.00. The number of ether oxygens (including phenoxy) is 1. The first-order valence-electron chi connectivity index (χ1n) is 8.74. The monoisotopic (exact) mass is 409 g/mol. The lowest BCUT2D eigenvalue weighted by molar-refractivity contribution is -0.117. The quantitative estimate of drug-likeness (QED) is 0.546. The van der Waals surface area contributed by atoms with Gasteiger partial charge in [-0.15, -0.1) is 5.10 Å². The van der Waals surface area contributed by atoms with Crippen molar-refractivity contribution in [2.45, 2.75) is 13.5 Å². The normalized spacial score (nSPS) is 10.8. The maximum absolute atomic E-state index is 12.6. The third-order valence-corrected chi connectivity index (χ3v) is 4.34. The molecule has 0 bridgehead atoms. The molecule has 146 valence electrons. The highest BCUT2D eigenvalue weighted by Gasteiger charge is 2.15. The van der Waals surface area contributed by atoms with E-state index in [1.807, 2.05) is 25.1 Å². The second-order valence-corrected chi connectivity index (χ2v) is 6.78. The topological polar surface area (TPSA) is 90.5 Å². The summed E-state index contributed by atoms with van der Waals surface area (Å²) in [6, 6.07) is 14.1. The SMILES string of the molecule is Cc1cccc(NC(=O)Cn2nc3c(Oc4ccc(Cl)cc4)nccn3c2=O)c1. The fourth-order valence-electron chi connectivity index (χ4n) is 2.77. The van der Waals surface area contributed by atoms with Crippen LogP contribution >= 0.6 is 11.6 Å². The Balaban J connectivity index is 1.59. The molecule has 0 saturated heterocycles. The van der Waals surface area contributed by atoms with Gasteiger partial charge in [0.25, 0.3) is 5.88 Å². The van der Waals surface area contributed by atoms with Crippen LogP contribution in [0.2, 0.25) is 5.02 Å². The predicted octanol–water partition coefficient (Wildman–Crippen LogP) is 3.28. The molecule has 29 heavy (non-hydrogen) atoms. The summed E-state index contributed by atoms with van der Waals surface area (Å²) in [6.07, 6.45) is 2.90. The zero-order valence-corrected chi connectivity index (χ0v) is 16.1. The summed E-state index contributed by atoms with van der Waals surface area (Å²) >= 11 is 5.88. The number of amides is 1. The maximum atomic E-state index is 12.6. The smallest absolute Gasteiger partial charge is 0.351 e. The van der Waals surface area contributed by atoms with E-state index in [0.717, 1.165) is 10.2 Å². The number of aromatic nitrogens is 4. The number of anilines is 1. The van der Waals surface area contributed by atoms with E-state index >= 15 is 0 Å². The van der Waals surface area contributed by atoms with Gasteiger partial charge in [-0.05, 0) is 48.9 Å². The van der Waals surface area contributed by atoms with Crippen LogP contribution in [0.5, 0.6) is 11.6 Å². The Bertz CT molecular complexity index is 1250. The number of rotatable bonds is 5. The molecule has 4 rings (SSSR count). The van der Waals surface area contributed by atoms with Crippen molar-refractivity contribution in [2.75, 3.05) is 5.32 Å². The third-order valence-electron chi connectivity index (χ3n) is 4.09. The van der Waals surface area contributed by atoms with Gasteiger partial charge in [-0.2, -0.15) is 0 Å².